The fourth-order valence-corrected chi connectivity index (χ4v) is 4.68. The average molecular weight is 474 g/mol. The largest absolute Gasteiger partial charge is 0.479 e. The van der Waals surface area contributed by atoms with Crippen molar-refractivity contribution in [1.82, 2.24) is 24.1 Å². The van der Waals surface area contributed by atoms with Crippen LogP contribution in [0.1, 0.15) is 32.0 Å². The Balaban J connectivity index is 1.55. The SMILES string of the molecule is CCC1(O)CC(Nc2nc(OC)c3c(-c4cc(F)c5nc(C)n(CC(F)F)c5c4)ccn3n2)C1. The van der Waals surface area contributed by atoms with Crippen LogP contribution in [0.5, 0.6) is 5.88 Å². The van der Waals surface area contributed by atoms with Gasteiger partial charge in [0.05, 0.1) is 24.8 Å². The fraction of sp³-hybridized carbons (Fsp3) is 0.435. The first-order chi connectivity index (χ1) is 16.2. The van der Waals surface area contributed by atoms with Crippen LogP contribution in [-0.4, -0.2) is 54.4 Å². The van der Waals surface area contributed by atoms with E-state index in [1.54, 1.807) is 29.8 Å². The van der Waals surface area contributed by atoms with Gasteiger partial charge in [-0.25, -0.2) is 22.7 Å². The highest BCUT2D eigenvalue weighted by atomic mass is 19.3. The van der Waals surface area contributed by atoms with Crippen molar-refractivity contribution in [3.8, 4) is 17.0 Å². The zero-order valence-corrected chi connectivity index (χ0v) is 19.0. The normalized spacial score (nSPS) is 20.3. The molecule has 0 aliphatic heterocycles. The molecule has 1 aliphatic carbocycles. The Morgan fingerprint density at radius 1 is 1.29 bits per heavy atom. The number of benzene rings is 1. The van der Waals surface area contributed by atoms with Gasteiger partial charge in [-0.05, 0) is 49.9 Å². The number of halogens is 3. The first-order valence-electron chi connectivity index (χ1n) is 11.1. The van der Waals surface area contributed by atoms with Gasteiger partial charge in [0.15, 0.2) is 5.82 Å². The maximum Gasteiger partial charge on any atom is 0.256 e. The van der Waals surface area contributed by atoms with Gasteiger partial charge in [-0.1, -0.05) is 6.92 Å². The van der Waals surface area contributed by atoms with Crippen molar-refractivity contribution in [2.45, 2.75) is 57.7 Å². The van der Waals surface area contributed by atoms with Crippen molar-refractivity contribution in [3.05, 3.63) is 36.0 Å². The Morgan fingerprint density at radius 3 is 2.74 bits per heavy atom. The first kappa shape index (κ1) is 22.5. The number of aliphatic hydroxyl groups is 1. The number of methoxy groups -OCH3 is 1. The Kier molecular flexibility index (Phi) is 5.38. The molecule has 5 rings (SSSR count). The van der Waals surface area contributed by atoms with Gasteiger partial charge < -0.3 is 19.7 Å². The van der Waals surface area contributed by atoms with Gasteiger partial charge in [0.1, 0.15) is 16.9 Å². The van der Waals surface area contributed by atoms with Crippen LogP contribution >= 0.6 is 0 Å². The van der Waals surface area contributed by atoms with E-state index in [2.05, 4.69) is 20.4 Å². The van der Waals surface area contributed by atoms with Crippen molar-refractivity contribution in [2.24, 2.45) is 0 Å². The molecule has 1 aromatic carbocycles. The second-order valence-corrected chi connectivity index (χ2v) is 8.78. The number of fused-ring (bicyclic) bond motifs is 2. The number of nitrogens with zero attached hydrogens (tertiary/aromatic N) is 5. The third-order valence-corrected chi connectivity index (χ3v) is 6.55. The number of anilines is 1. The smallest absolute Gasteiger partial charge is 0.256 e. The summed E-state index contributed by atoms with van der Waals surface area (Å²) in [6.45, 7) is 2.95. The molecule has 1 saturated carbocycles. The van der Waals surface area contributed by atoms with Crippen molar-refractivity contribution in [1.29, 1.82) is 0 Å². The van der Waals surface area contributed by atoms with Gasteiger partial charge in [-0.15, -0.1) is 5.10 Å². The van der Waals surface area contributed by atoms with E-state index in [4.69, 9.17) is 4.74 Å². The second-order valence-electron chi connectivity index (χ2n) is 8.78. The van der Waals surface area contributed by atoms with E-state index in [1.165, 1.54) is 17.7 Å². The number of nitrogens with one attached hydrogen (secondary N) is 1. The molecule has 2 N–H and O–H groups in total. The molecule has 0 saturated heterocycles. The van der Waals surface area contributed by atoms with Crippen LogP contribution in [0.2, 0.25) is 0 Å². The minimum Gasteiger partial charge on any atom is -0.479 e. The summed E-state index contributed by atoms with van der Waals surface area (Å²) >= 11 is 0. The van der Waals surface area contributed by atoms with Crippen molar-refractivity contribution in [3.63, 3.8) is 0 Å². The lowest BCUT2D eigenvalue weighted by molar-refractivity contribution is -0.0442. The molecule has 0 bridgehead atoms. The molecule has 1 fully saturated rings. The van der Waals surface area contributed by atoms with Crippen LogP contribution in [0.15, 0.2) is 24.4 Å². The number of rotatable bonds is 7. The van der Waals surface area contributed by atoms with E-state index < -0.39 is 24.4 Å². The van der Waals surface area contributed by atoms with Crippen LogP contribution in [0, 0.1) is 12.7 Å². The van der Waals surface area contributed by atoms with Crippen molar-refractivity contribution >= 4 is 22.5 Å². The van der Waals surface area contributed by atoms with Gasteiger partial charge in [-0.3, -0.25) is 0 Å². The maximum absolute atomic E-state index is 14.9. The van der Waals surface area contributed by atoms with E-state index in [-0.39, 0.29) is 17.4 Å². The number of aromatic nitrogens is 5. The number of alkyl halides is 2. The minimum absolute atomic E-state index is 0.0488. The molecule has 11 heteroatoms. The zero-order valence-electron chi connectivity index (χ0n) is 19.0. The Labute approximate surface area is 193 Å². The second kappa shape index (κ2) is 8.15. The molecule has 0 unspecified atom stereocenters. The molecule has 0 amide bonds. The Bertz CT molecular complexity index is 1380. The summed E-state index contributed by atoms with van der Waals surface area (Å²) in [5, 5.41) is 18.0. The third kappa shape index (κ3) is 3.73. The van der Waals surface area contributed by atoms with Crippen molar-refractivity contribution < 1.29 is 23.0 Å². The topological polar surface area (TPSA) is 89.5 Å². The lowest BCUT2D eigenvalue weighted by atomic mass is 9.74. The fourth-order valence-electron chi connectivity index (χ4n) is 4.68. The zero-order chi connectivity index (χ0) is 24.2. The third-order valence-electron chi connectivity index (χ3n) is 6.55. The monoisotopic (exact) mass is 474 g/mol. The highest BCUT2D eigenvalue weighted by Gasteiger charge is 2.41. The Hall–Kier alpha value is -3.34. The summed E-state index contributed by atoms with van der Waals surface area (Å²) in [5.74, 6) is 0.340. The summed E-state index contributed by atoms with van der Waals surface area (Å²) < 4.78 is 49.6. The van der Waals surface area contributed by atoms with Gasteiger partial charge in [0, 0.05) is 17.8 Å². The van der Waals surface area contributed by atoms with Crippen LogP contribution in [-0.2, 0) is 6.54 Å². The molecular formula is C23H25F3N6O2. The van der Waals surface area contributed by atoms with Gasteiger partial charge in [0.25, 0.3) is 6.43 Å². The average Bonchev–Trinajstić information content (AvgIpc) is 3.33. The standard InChI is InChI=1S/C23H25F3N6O2/c1-4-23(33)9-14(10-23)28-22-29-21(34-3)20-15(5-6-32(20)30-22)13-7-16(24)19-17(8-13)31(11-18(25)26)12(2)27-19/h5-8,14,18,33H,4,9-11H2,1-3H3,(H,28,30). The minimum atomic E-state index is -2.60. The van der Waals surface area contributed by atoms with Crippen LogP contribution in [0.3, 0.4) is 0 Å². The first-order valence-corrected chi connectivity index (χ1v) is 11.1. The number of imidazole rings is 1. The predicted octanol–water partition coefficient (Wildman–Crippen LogP) is 4.18. The van der Waals surface area contributed by atoms with Gasteiger partial charge in [-0.2, -0.15) is 4.98 Å². The van der Waals surface area contributed by atoms with Crippen LogP contribution in [0.4, 0.5) is 19.1 Å². The maximum atomic E-state index is 14.9. The highest BCUT2D eigenvalue weighted by molar-refractivity contribution is 5.90. The summed E-state index contributed by atoms with van der Waals surface area (Å²) in [7, 11) is 1.48. The van der Waals surface area contributed by atoms with E-state index in [1.807, 2.05) is 6.92 Å². The summed E-state index contributed by atoms with van der Waals surface area (Å²) in [6, 6.07) is 4.76. The molecule has 0 radical (unpaired) electrons. The summed E-state index contributed by atoms with van der Waals surface area (Å²) in [4.78, 5) is 8.59. The van der Waals surface area contributed by atoms with E-state index in [0.29, 0.717) is 53.2 Å². The number of hydrogen-bond acceptors (Lipinski definition) is 6. The molecule has 0 spiro atoms. The molecular weight excluding hydrogens is 449 g/mol. The van der Waals surface area contributed by atoms with Crippen LogP contribution < -0.4 is 10.1 Å². The lowest BCUT2D eigenvalue weighted by Gasteiger charge is -2.43. The number of aryl methyl sites for hydroxylation is 1. The summed E-state index contributed by atoms with van der Waals surface area (Å²) in [6.07, 6.45) is 1.00. The van der Waals surface area contributed by atoms with Crippen molar-refractivity contribution in [2.75, 3.05) is 12.4 Å². The lowest BCUT2D eigenvalue weighted by Crippen LogP contribution is -2.50. The summed E-state index contributed by atoms with van der Waals surface area (Å²) in [5.41, 5.74) is 1.27. The Morgan fingerprint density at radius 2 is 2.06 bits per heavy atom. The molecule has 34 heavy (non-hydrogen) atoms. The van der Waals surface area contributed by atoms with Gasteiger partial charge in [0.2, 0.25) is 11.8 Å². The molecule has 8 nitrogen and oxygen atoms in total. The van der Waals surface area contributed by atoms with Gasteiger partial charge >= 0.3 is 0 Å². The quantitative estimate of drug-likeness (QED) is 0.418. The van der Waals surface area contributed by atoms with E-state index in [9.17, 15) is 18.3 Å². The number of hydrogen-bond donors (Lipinski definition) is 2. The molecule has 3 heterocycles. The predicted molar refractivity (Wildman–Crippen MR) is 121 cm³/mol. The molecule has 1 aliphatic rings. The highest BCUT2D eigenvalue weighted by Crippen LogP contribution is 2.38. The number of ether oxygens (including phenoxy) is 1. The molecule has 4 aromatic rings. The van der Waals surface area contributed by atoms with E-state index in [0.717, 1.165) is 0 Å². The molecule has 3 aromatic heterocycles. The van der Waals surface area contributed by atoms with E-state index >= 15 is 0 Å². The molecule has 180 valence electrons. The molecule has 0 atom stereocenters. The van der Waals surface area contributed by atoms with Crippen LogP contribution in [0.25, 0.3) is 27.7 Å².